The van der Waals surface area contributed by atoms with Crippen molar-refractivity contribution >= 4 is 0 Å². The predicted octanol–water partition coefficient (Wildman–Crippen LogP) is 4.47. The lowest BCUT2D eigenvalue weighted by Gasteiger charge is -2.22. The first kappa shape index (κ1) is 18.2. The number of oxazole rings is 1. The molecule has 3 nitrogen and oxygen atoms in total. The van der Waals surface area contributed by atoms with Gasteiger partial charge in [0.25, 0.3) is 0 Å². The molecule has 3 heteroatoms. The second-order valence-electron chi connectivity index (χ2n) is 8.00. The summed E-state index contributed by atoms with van der Waals surface area (Å²) in [7, 11) is 0. The van der Waals surface area contributed by atoms with Gasteiger partial charge in [-0.25, -0.2) is 4.98 Å². The highest BCUT2D eigenvalue weighted by Gasteiger charge is 2.17. The Morgan fingerprint density at radius 1 is 1.24 bits per heavy atom. The minimum atomic E-state index is 0.379. The van der Waals surface area contributed by atoms with E-state index in [1.54, 1.807) is 0 Å². The Labute approximate surface area is 130 Å². The van der Waals surface area contributed by atoms with Crippen molar-refractivity contribution in [3.63, 3.8) is 0 Å². The van der Waals surface area contributed by atoms with E-state index in [9.17, 15) is 0 Å². The molecule has 1 unspecified atom stereocenters. The summed E-state index contributed by atoms with van der Waals surface area (Å²) in [5.41, 5.74) is 0.379. The van der Waals surface area contributed by atoms with Crippen LogP contribution in [0.3, 0.4) is 0 Å². The van der Waals surface area contributed by atoms with Gasteiger partial charge < -0.3 is 9.73 Å². The van der Waals surface area contributed by atoms with E-state index in [2.05, 4.69) is 51.8 Å². The maximum atomic E-state index is 5.86. The molecular weight excluding hydrogens is 260 g/mol. The molecule has 1 aromatic rings. The zero-order chi connectivity index (χ0) is 15.9. The van der Waals surface area contributed by atoms with Crippen LogP contribution >= 0.6 is 0 Å². The van der Waals surface area contributed by atoms with Crippen molar-refractivity contribution in [2.75, 3.05) is 13.1 Å². The molecule has 0 radical (unpaired) electrons. The lowest BCUT2D eigenvalue weighted by molar-refractivity contribution is 0.294. The molecule has 21 heavy (non-hydrogen) atoms. The fraction of sp³-hybridized carbons (Fsp3) is 0.833. The third kappa shape index (κ3) is 8.92. The molecule has 0 saturated carbocycles. The van der Waals surface area contributed by atoms with Crippen LogP contribution in [0.1, 0.15) is 66.0 Å². The van der Waals surface area contributed by atoms with E-state index in [-0.39, 0.29) is 0 Å². The standard InChI is InChI=1S/C18H34N2O/c1-14(2)12-19-9-7-8-17-20-13-16(21-17)10-15(3)11-18(4,5)6/h13-15,19H,7-12H2,1-6H3. The second-order valence-corrected chi connectivity index (χ2v) is 8.00. The molecule has 0 aliphatic heterocycles. The monoisotopic (exact) mass is 294 g/mol. The number of nitrogens with zero attached hydrogens (tertiary/aromatic N) is 1. The Morgan fingerprint density at radius 2 is 1.95 bits per heavy atom. The summed E-state index contributed by atoms with van der Waals surface area (Å²) < 4.78 is 5.86. The smallest absolute Gasteiger partial charge is 0.194 e. The molecule has 0 aliphatic carbocycles. The fourth-order valence-corrected chi connectivity index (χ4v) is 2.77. The first-order chi connectivity index (χ1) is 9.76. The Hall–Kier alpha value is -0.830. The quantitative estimate of drug-likeness (QED) is 0.683. The summed E-state index contributed by atoms with van der Waals surface area (Å²) >= 11 is 0. The van der Waals surface area contributed by atoms with Crippen molar-refractivity contribution in [1.29, 1.82) is 0 Å². The van der Waals surface area contributed by atoms with Crippen molar-refractivity contribution in [3.05, 3.63) is 17.8 Å². The van der Waals surface area contributed by atoms with Gasteiger partial charge in [0, 0.05) is 12.8 Å². The van der Waals surface area contributed by atoms with E-state index in [1.165, 1.54) is 6.42 Å². The van der Waals surface area contributed by atoms with Crippen LogP contribution in [0, 0.1) is 17.3 Å². The molecule has 1 rings (SSSR count). The average molecular weight is 294 g/mol. The lowest BCUT2D eigenvalue weighted by Crippen LogP contribution is -2.21. The topological polar surface area (TPSA) is 38.1 Å². The van der Waals surface area contributed by atoms with Gasteiger partial charge in [-0.3, -0.25) is 0 Å². The normalized spacial score (nSPS) is 13.9. The van der Waals surface area contributed by atoms with Gasteiger partial charge in [0.2, 0.25) is 0 Å². The molecule has 0 spiro atoms. The molecular formula is C18H34N2O. The Balaban J connectivity index is 2.26. The maximum Gasteiger partial charge on any atom is 0.194 e. The molecule has 1 aromatic heterocycles. The molecule has 1 N–H and O–H groups in total. The Bertz CT molecular complexity index is 390. The van der Waals surface area contributed by atoms with Crippen molar-refractivity contribution in [1.82, 2.24) is 10.3 Å². The number of hydrogen-bond acceptors (Lipinski definition) is 3. The van der Waals surface area contributed by atoms with Gasteiger partial charge in [-0.15, -0.1) is 0 Å². The summed E-state index contributed by atoms with van der Waals surface area (Å²) in [6, 6.07) is 0. The van der Waals surface area contributed by atoms with Crippen LogP contribution in [0.2, 0.25) is 0 Å². The summed E-state index contributed by atoms with van der Waals surface area (Å²) in [6.45, 7) is 15.7. The number of hydrogen-bond donors (Lipinski definition) is 1. The molecule has 1 atom stereocenters. The van der Waals surface area contributed by atoms with Crippen LogP contribution in [-0.2, 0) is 12.8 Å². The van der Waals surface area contributed by atoms with Crippen LogP contribution in [-0.4, -0.2) is 18.1 Å². The predicted molar refractivity (Wildman–Crippen MR) is 89.5 cm³/mol. The minimum absolute atomic E-state index is 0.379. The summed E-state index contributed by atoms with van der Waals surface area (Å²) in [4.78, 5) is 4.40. The van der Waals surface area contributed by atoms with Crippen LogP contribution in [0.5, 0.6) is 0 Å². The van der Waals surface area contributed by atoms with E-state index in [0.717, 1.165) is 44.0 Å². The van der Waals surface area contributed by atoms with E-state index < -0.39 is 0 Å². The van der Waals surface area contributed by atoms with E-state index in [1.807, 2.05) is 6.20 Å². The summed E-state index contributed by atoms with van der Waals surface area (Å²) in [6.07, 6.45) is 6.14. The molecule has 0 bridgehead atoms. The van der Waals surface area contributed by atoms with Crippen LogP contribution < -0.4 is 5.32 Å². The highest BCUT2D eigenvalue weighted by molar-refractivity contribution is 4.96. The van der Waals surface area contributed by atoms with Crippen LogP contribution in [0.15, 0.2) is 10.6 Å². The zero-order valence-corrected chi connectivity index (χ0v) is 14.8. The molecule has 0 amide bonds. The number of nitrogens with one attached hydrogen (secondary N) is 1. The lowest BCUT2D eigenvalue weighted by atomic mass is 9.84. The van der Waals surface area contributed by atoms with Gasteiger partial charge in [0.05, 0.1) is 6.20 Å². The second kappa shape index (κ2) is 8.57. The number of aromatic nitrogens is 1. The fourth-order valence-electron chi connectivity index (χ4n) is 2.77. The van der Waals surface area contributed by atoms with Crippen molar-refractivity contribution in [2.45, 2.75) is 67.2 Å². The molecule has 1 heterocycles. The maximum absolute atomic E-state index is 5.86. The third-order valence-electron chi connectivity index (χ3n) is 3.41. The summed E-state index contributed by atoms with van der Waals surface area (Å²) in [5.74, 6) is 3.28. The number of aryl methyl sites for hydroxylation is 1. The molecule has 0 saturated heterocycles. The van der Waals surface area contributed by atoms with Gasteiger partial charge in [0.15, 0.2) is 5.89 Å². The van der Waals surface area contributed by atoms with Crippen molar-refractivity contribution < 1.29 is 4.42 Å². The largest absolute Gasteiger partial charge is 0.446 e. The van der Waals surface area contributed by atoms with Gasteiger partial charge in [-0.2, -0.15) is 0 Å². The minimum Gasteiger partial charge on any atom is -0.446 e. The van der Waals surface area contributed by atoms with Gasteiger partial charge in [-0.1, -0.05) is 41.5 Å². The summed E-state index contributed by atoms with van der Waals surface area (Å²) in [5, 5.41) is 3.45. The highest BCUT2D eigenvalue weighted by Crippen LogP contribution is 2.26. The van der Waals surface area contributed by atoms with Crippen LogP contribution in [0.4, 0.5) is 0 Å². The van der Waals surface area contributed by atoms with E-state index >= 15 is 0 Å². The zero-order valence-electron chi connectivity index (χ0n) is 14.8. The first-order valence-corrected chi connectivity index (χ1v) is 8.40. The van der Waals surface area contributed by atoms with Crippen molar-refractivity contribution in [2.24, 2.45) is 17.3 Å². The number of rotatable bonds is 9. The average Bonchev–Trinajstić information content (AvgIpc) is 2.73. The van der Waals surface area contributed by atoms with Gasteiger partial charge in [0.1, 0.15) is 5.76 Å². The molecule has 122 valence electrons. The van der Waals surface area contributed by atoms with Gasteiger partial charge >= 0.3 is 0 Å². The van der Waals surface area contributed by atoms with Gasteiger partial charge in [-0.05, 0) is 43.2 Å². The molecule has 0 aliphatic rings. The van der Waals surface area contributed by atoms with Crippen LogP contribution in [0.25, 0.3) is 0 Å². The SMILES string of the molecule is CC(C)CNCCCc1ncc(CC(C)CC(C)(C)C)o1. The molecule has 0 fully saturated rings. The Kier molecular flexibility index (Phi) is 7.44. The van der Waals surface area contributed by atoms with Crippen molar-refractivity contribution in [3.8, 4) is 0 Å². The third-order valence-corrected chi connectivity index (χ3v) is 3.41. The molecule has 0 aromatic carbocycles. The highest BCUT2D eigenvalue weighted by atomic mass is 16.4. The van der Waals surface area contributed by atoms with E-state index in [4.69, 9.17) is 4.42 Å². The first-order valence-electron chi connectivity index (χ1n) is 8.40. The Morgan fingerprint density at radius 3 is 2.57 bits per heavy atom. The van der Waals surface area contributed by atoms with E-state index in [0.29, 0.717) is 17.3 Å².